The number of likely N-dealkylation sites (tertiary alicyclic amines) is 1. The maximum Gasteiger partial charge on any atom is 0.323 e. The minimum Gasteiger partial charge on any atom is -0.480 e. The van der Waals surface area contributed by atoms with Crippen LogP contribution in [-0.4, -0.2) is 34.6 Å². The monoisotopic (exact) mass is 197 g/mol. The van der Waals surface area contributed by atoms with E-state index in [-0.39, 0.29) is 0 Å². The first-order valence-electron chi connectivity index (χ1n) is 5.52. The number of nitrogens with zero attached hydrogens (tertiary/aromatic N) is 1. The molecule has 0 bridgehead atoms. The Kier molecular flexibility index (Phi) is 2.30. The smallest absolute Gasteiger partial charge is 0.323 e. The molecule has 0 amide bonds. The van der Waals surface area contributed by atoms with E-state index in [1.54, 1.807) is 0 Å². The Labute approximate surface area is 85.1 Å². The lowest BCUT2D eigenvalue weighted by Crippen LogP contribution is -2.48. The third-order valence-corrected chi connectivity index (χ3v) is 4.27. The molecule has 0 aromatic heterocycles. The normalized spacial score (nSPS) is 43.6. The van der Waals surface area contributed by atoms with Gasteiger partial charge in [0.15, 0.2) is 0 Å². The second-order valence-corrected chi connectivity index (χ2v) is 5.01. The average molecular weight is 197 g/mol. The standard InChI is InChI=1S/C11H19NO2/c1-11(10(13)14)7-8-5-3-4-6-9(8)12(11)2/h8-9H,3-7H2,1-2H3,(H,13,14)/t8-,9-,11+/m0/s1. The Morgan fingerprint density at radius 2 is 2.07 bits per heavy atom. The van der Waals surface area contributed by atoms with Crippen LogP contribution >= 0.6 is 0 Å². The molecule has 0 unspecified atom stereocenters. The summed E-state index contributed by atoms with van der Waals surface area (Å²) in [5.41, 5.74) is -0.611. The van der Waals surface area contributed by atoms with Gasteiger partial charge in [0.2, 0.25) is 0 Å². The summed E-state index contributed by atoms with van der Waals surface area (Å²) in [7, 11) is 1.98. The van der Waals surface area contributed by atoms with Crippen molar-refractivity contribution in [1.82, 2.24) is 4.90 Å². The highest BCUT2D eigenvalue weighted by molar-refractivity contribution is 5.78. The molecule has 2 aliphatic rings. The summed E-state index contributed by atoms with van der Waals surface area (Å²) in [6.45, 7) is 1.87. The molecule has 1 saturated heterocycles. The van der Waals surface area contributed by atoms with E-state index in [4.69, 9.17) is 0 Å². The van der Waals surface area contributed by atoms with Crippen molar-refractivity contribution in [3.63, 3.8) is 0 Å². The van der Waals surface area contributed by atoms with Crippen molar-refractivity contribution in [1.29, 1.82) is 0 Å². The first-order chi connectivity index (χ1) is 6.55. The molecule has 1 N–H and O–H groups in total. The molecule has 0 spiro atoms. The van der Waals surface area contributed by atoms with Gasteiger partial charge < -0.3 is 5.11 Å². The quantitative estimate of drug-likeness (QED) is 0.696. The fourth-order valence-corrected chi connectivity index (χ4v) is 3.19. The number of likely N-dealkylation sites (N-methyl/N-ethyl adjacent to an activating group) is 1. The molecule has 0 aromatic carbocycles. The molecule has 1 aliphatic heterocycles. The van der Waals surface area contributed by atoms with Gasteiger partial charge in [-0.15, -0.1) is 0 Å². The third kappa shape index (κ3) is 1.26. The predicted octanol–water partition coefficient (Wildman–Crippen LogP) is 1.72. The van der Waals surface area contributed by atoms with Crippen LogP contribution in [0.15, 0.2) is 0 Å². The maximum atomic E-state index is 11.2. The van der Waals surface area contributed by atoms with Gasteiger partial charge in [-0.05, 0) is 39.2 Å². The lowest BCUT2D eigenvalue weighted by Gasteiger charge is -2.33. The molecule has 80 valence electrons. The van der Waals surface area contributed by atoms with Crippen molar-refractivity contribution in [2.75, 3.05) is 7.05 Å². The Morgan fingerprint density at radius 1 is 1.43 bits per heavy atom. The molecular formula is C11H19NO2. The molecule has 0 radical (unpaired) electrons. The lowest BCUT2D eigenvalue weighted by molar-refractivity contribution is -0.148. The van der Waals surface area contributed by atoms with E-state index >= 15 is 0 Å². The Balaban J connectivity index is 2.21. The van der Waals surface area contributed by atoms with Crippen molar-refractivity contribution in [2.24, 2.45) is 5.92 Å². The number of hydrogen-bond donors (Lipinski definition) is 1. The first kappa shape index (κ1) is 9.97. The highest BCUT2D eigenvalue weighted by Crippen LogP contribution is 2.43. The Hall–Kier alpha value is -0.570. The summed E-state index contributed by atoms with van der Waals surface area (Å²) in [5, 5.41) is 9.25. The minimum atomic E-state index is -0.658. The molecule has 2 rings (SSSR count). The topological polar surface area (TPSA) is 40.5 Å². The summed E-state index contributed by atoms with van der Waals surface area (Å²) < 4.78 is 0. The van der Waals surface area contributed by atoms with Gasteiger partial charge in [-0.1, -0.05) is 12.8 Å². The van der Waals surface area contributed by atoms with E-state index < -0.39 is 11.5 Å². The van der Waals surface area contributed by atoms with Crippen LogP contribution < -0.4 is 0 Å². The summed E-state index contributed by atoms with van der Waals surface area (Å²) in [4.78, 5) is 13.3. The van der Waals surface area contributed by atoms with E-state index in [1.807, 2.05) is 14.0 Å². The number of carbonyl (C=O) groups is 1. The summed E-state index contributed by atoms with van der Waals surface area (Å²) >= 11 is 0. The largest absolute Gasteiger partial charge is 0.480 e. The van der Waals surface area contributed by atoms with E-state index in [0.717, 1.165) is 6.42 Å². The third-order valence-electron chi connectivity index (χ3n) is 4.27. The number of hydrogen-bond acceptors (Lipinski definition) is 2. The van der Waals surface area contributed by atoms with Gasteiger partial charge in [-0.25, -0.2) is 0 Å². The number of aliphatic carboxylic acids is 1. The molecule has 3 heteroatoms. The van der Waals surface area contributed by atoms with Crippen molar-refractivity contribution >= 4 is 5.97 Å². The van der Waals surface area contributed by atoms with Gasteiger partial charge in [0.1, 0.15) is 5.54 Å². The molecule has 0 aromatic rings. The highest BCUT2D eigenvalue weighted by atomic mass is 16.4. The second kappa shape index (κ2) is 3.23. The van der Waals surface area contributed by atoms with E-state index in [9.17, 15) is 9.90 Å². The van der Waals surface area contributed by atoms with E-state index in [0.29, 0.717) is 12.0 Å². The Morgan fingerprint density at radius 3 is 2.64 bits per heavy atom. The van der Waals surface area contributed by atoms with Gasteiger partial charge in [-0.3, -0.25) is 9.69 Å². The number of fused-ring (bicyclic) bond motifs is 1. The zero-order chi connectivity index (χ0) is 10.3. The second-order valence-electron chi connectivity index (χ2n) is 5.01. The molecule has 14 heavy (non-hydrogen) atoms. The maximum absolute atomic E-state index is 11.2. The summed E-state index contributed by atoms with van der Waals surface area (Å²) in [6, 6.07) is 0.518. The van der Waals surface area contributed by atoms with Crippen LogP contribution in [0.25, 0.3) is 0 Å². The fourth-order valence-electron chi connectivity index (χ4n) is 3.19. The number of rotatable bonds is 1. The van der Waals surface area contributed by atoms with Gasteiger partial charge in [0, 0.05) is 6.04 Å². The van der Waals surface area contributed by atoms with Crippen LogP contribution in [0, 0.1) is 5.92 Å². The molecular weight excluding hydrogens is 178 g/mol. The number of carboxylic acids is 1. The summed E-state index contributed by atoms with van der Waals surface area (Å²) in [5.74, 6) is -0.0377. The SMILES string of the molecule is CN1[C@H]2CCCC[C@H]2C[C@]1(C)C(=O)O. The van der Waals surface area contributed by atoms with Gasteiger partial charge in [0.05, 0.1) is 0 Å². The van der Waals surface area contributed by atoms with Crippen LogP contribution in [-0.2, 0) is 4.79 Å². The average Bonchev–Trinajstić information content (AvgIpc) is 2.42. The molecule has 1 heterocycles. The minimum absolute atomic E-state index is 0.518. The molecule has 1 saturated carbocycles. The molecule has 3 nitrogen and oxygen atoms in total. The van der Waals surface area contributed by atoms with Crippen LogP contribution in [0.2, 0.25) is 0 Å². The van der Waals surface area contributed by atoms with E-state index in [2.05, 4.69) is 4.90 Å². The van der Waals surface area contributed by atoms with Crippen LogP contribution in [0.4, 0.5) is 0 Å². The van der Waals surface area contributed by atoms with Crippen molar-refractivity contribution in [3.8, 4) is 0 Å². The van der Waals surface area contributed by atoms with Gasteiger partial charge in [0.25, 0.3) is 0 Å². The molecule has 3 atom stereocenters. The van der Waals surface area contributed by atoms with Crippen molar-refractivity contribution in [3.05, 3.63) is 0 Å². The number of carboxylic acid groups (broad SMARTS) is 1. The predicted molar refractivity (Wildman–Crippen MR) is 54.2 cm³/mol. The van der Waals surface area contributed by atoms with E-state index in [1.165, 1.54) is 25.7 Å². The van der Waals surface area contributed by atoms with Gasteiger partial charge in [-0.2, -0.15) is 0 Å². The highest BCUT2D eigenvalue weighted by Gasteiger charge is 2.51. The molecule has 2 fully saturated rings. The van der Waals surface area contributed by atoms with Gasteiger partial charge >= 0.3 is 5.97 Å². The van der Waals surface area contributed by atoms with Crippen LogP contribution in [0.3, 0.4) is 0 Å². The molecule has 1 aliphatic carbocycles. The first-order valence-corrected chi connectivity index (χ1v) is 5.52. The van der Waals surface area contributed by atoms with Crippen LogP contribution in [0.1, 0.15) is 39.0 Å². The van der Waals surface area contributed by atoms with Crippen molar-refractivity contribution < 1.29 is 9.90 Å². The lowest BCUT2D eigenvalue weighted by atomic mass is 9.83. The Bertz CT molecular complexity index is 254. The zero-order valence-corrected chi connectivity index (χ0v) is 8.99. The summed E-state index contributed by atoms with van der Waals surface area (Å²) in [6.07, 6.45) is 5.79. The van der Waals surface area contributed by atoms with Crippen molar-refractivity contribution in [2.45, 2.75) is 50.6 Å². The zero-order valence-electron chi connectivity index (χ0n) is 8.99. The van der Waals surface area contributed by atoms with Crippen LogP contribution in [0.5, 0.6) is 0 Å². The fraction of sp³-hybridized carbons (Fsp3) is 0.909.